The fourth-order valence-corrected chi connectivity index (χ4v) is 1.54. The van der Waals surface area contributed by atoms with Crippen LogP contribution < -0.4 is 10.1 Å². The Morgan fingerprint density at radius 1 is 1.39 bits per heavy atom. The second kappa shape index (κ2) is 8.78. The maximum Gasteiger partial charge on any atom is 0.325 e. The lowest BCUT2D eigenvalue weighted by Crippen LogP contribution is -2.31. The van der Waals surface area contributed by atoms with Crippen LogP contribution in [0, 0.1) is 0 Å². The lowest BCUT2D eigenvalue weighted by atomic mass is 10.3. The van der Waals surface area contributed by atoms with E-state index in [1.807, 2.05) is 30.3 Å². The number of para-hydroxylation sites is 1. The molecular weight excluding hydrogens is 254 g/mol. The maximum absolute atomic E-state index is 11.0. The summed E-state index contributed by atoms with van der Waals surface area (Å²) in [6, 6.07) is 9.64. The van der Waals surface area contributed by atoms with Gasteiger partial charge in [0.05, 0.1) is 13.7 Å². The first-order valence-corrected chi connectivity index (χ1v) is 6.28. The Labute approximate surface area is 112 Å². The Hall–Kier alpha value is -1.26. The SMILES string of the molecule is COC(=O)C(Cl)CNCCCOc1ccccc1. The lowest BCUT2D eigenvalue weighted by molar-refractivity contribution is -0.140. The molecule has 0 fully saturated rings. The van der Waals surface area contributed by atoms with E-state index >= 15 is 0 Å². The van der Waals surface area contributed by atoms with Crippen molar-refractivity contribution in [1.29, 1.82) is 0 Å². The summed E-state index contributed by atoms with van der Waals surface area (Å²) in [6.07, 6.45) is 0.847. The Kier molecular flexibility index (Phi) is 7.22. The highest BCUT2D eigenvalue weighted by atomic mass is 35.5. The van der Waals surface area contributed by atoms with E-state index in [0.717, 1.165) is 18.7 Å². The number of ether oxygens (including phenoxy) is 2. The number of alkyl halides is 1. The summed E-state index contributed by atoms with van der Waals surface area (Å²) in [4.78, 5) is 11.0. The lowest BCUT2D eigenvalue weighted by Gasteiger charge is -2.09. The minimum Gasteiger partial charge on any atom is -0.494 e. The molecule has 4 nitrogen and oxygen atoms in total. The molecule has 0 saturated carbocycles. The van der Waals surface area contributed by atoms with Gasteiger partial charge in [-0.05, 0) is 25.1 Å². The van der Waals surface area contributed by atoms with Gasteiger partial charge in [0.15, 0.2) is 0 Å². The van der Waals surface area contributed by atoms with Crippen molar-refractivity contribution in [2.45, 2.75) is 11.8 Å². The van der Waals surface area contributed by atoms with Crippen molar-refractivity contribution in [2.24, 2.45) is 0 Å². The molecule has 0 spiro atoms. The van der Waals surface area contributed by atoms with Crippen molar-refractivity contribution >= 4 is 17.6 Å². The van der Waals surface area contributed by atoms with Gasteiger partial charge in [-0.2, -0.15) is 0 Å². The first kappa shape index (κ1) is 14.8. The van der Waals surface area contributed by atoms with E-state index in [4.69, 9.17) is 16.3 Å². The number of rotatable bonds is 8. The fourth-order valence-electron chi connectivity index (χ4n) is 1.34. The van der Waals surface area contributed by atoms with Gasteiger partial charge in [-0.1, -0.05) is 18.2 Å². The van der Waals surface area contributed by atoms with Crippen LogP contribution in [-0.4, -0.2) is 38.2 Å². The number of esters is 1. The summed E-state index contributed by atoms with van der Waals surface area (Å²) < 4.78 is 10.0. The molecule has 1 rings (SSSR count). The minimum absolute atomic E-state index is 0.402. The van der Waals surface area contributed by atoms with Gasteiger partial charge in [-0.25, -0.2) is 0 Å². The largest absolute Gasteiger partial charge is 0.494 e. The average Bonchev–Trinajstić information content (AvgIpc) is 2.42. The molecule has 1 aromatic rings. The van der Waals surface area contributed by atoms with Gasteiger partial charge < -0.3 is 14.8 Å². The molecule has 18 heavy (non-hydrogen) atoms. The predicted molar refractivity (Wildman–Crippen MR) is 71.1 cm³/mol. The zero-order valence-corrected chi connectivity index (χ0v) is 11.2. The van der Waals surface area contributed by atoms with E-state index in [0.29, 0.717) is 13.2 Å². The predicted octanol–water partition coefficient (Wildman–Crippen LogP) is 1.83. The number of carbonyl (C=O) groups excluding carboxylic acids is 1. The van der Waals surface area contributed by atoms with Crippen LogP contribution in [0.15, 0.2) is 30.3 Å². The molecule has 100 valence electrons. The number of hydrogen-bond donors (Lipinski definition) is 1. The van der Waals surface area contributed by atoms with Gasteiger partial charge in [0.25, 0.3) is 0 Å². The topological polar surface area (TPSA) is 47.6 Å². The van der Waals surface area contributed by atoms with Crippen LogP contribution in [-0.2, 0) is 9.53 Å². The van der Waals surface area contributed by atoms with E-state index < -0.39 is 11.3 Å². The second-order valence-electron chi connectivity index (χ2n) is 3.71. The molecule has 1 N–H and O–H groups in total. The molecule has 0 radical (unpaired) electrons. The van der Waals surface area contributed by atoms with Crippen LogP contribution in [0.2, 0.25) is 0 Å². The van der Waals surface area contributed by atoms with Crippen LogP contribution in [0.25, 0.3) is 0 Å². The highest BCUT2D eigenvalue weighted by molar-refractivity contribution is 6.30. The smallest absolute Gasteiger partial charge is 0.325 e. The summed E-state index contributed by atoms with van der Waals surface area (Å²) in [5.41, 5.74) is 0. The Morgan fingerprint density at radius 3 is 2.78 bits per heavy atom. The van der Waals surface area contributed by atoms with E-state index in [9.17, 15) is 4.79 Å². The van der Waals surface area contributed by atoms with Gasteiger partial charge >= 0.3 is 5.97 Å². The molecule has 1 unspecified atom stereocenters. The summed E-state index contributed by atoms with van der Waals surface area (Å²) >= 11 is 5.77. The Bertz CT molecular complexity index is 345. The second-order valence-corrected chi connectivity index (χ2v) is 4.24. The van der Waals surface area contributed by atoms with E-state index in [-0.39, 0.29) is 0 Å². The van der Waals surface area contributed by atoms with E-state index in [2.05, 4.69) is 10.1 Å². The number of halogens is 1. The van der Waals surface area contributed by atoms with Gasteiger partial charge in [0.1, 0.15) is 11.1 Å². The van der Waals surface area contributed by atoms with Crippen molar-refractivity contribution in [3.05, 3.63) is 30.3 Å². The minimum atomic E-state index is -0.634. The van der Waals surface area contributed by atoms with Crippen LogP contribution in [0.1, 0.15) is 6.42 Å². The standard InChI is InChI=1S/C13H18ClNO3/c1-17-13(16)12(14)10-15-8-5-9-18-11-6-3-2-4-7-11/h2-4,6-7,12,15H,5,8-10H2,1H3. The molecule has 1 aromatic carbocycles. The molecule has 0 amide bonds. The quantitative estimate of drug-likeness (QED) is 0.445. The summed E-state index contributed by atoms with van der Waals surface area (Å²) in [7, 11) is 1.32. The van der Waals surface area contributed by atoms with E-state index in [1.165, 1.54) is 7.11 Å². The van der Waals surface area contributed by atoms with Crippen LogP contribution in [0.5, 0.6) is 5.75 Å². The molecule has 0 saturated heterocycles. The summed E-state index contributed by atoms with van der Waals surface area (Å²) in [6.45, 7) is 1.77. The van der Waals surface area contributed by atoms with E-state index in [1.54, 1.807) is 0 Å². The van der Waals surface area contributed by atoms with Crippen molar-refractivity contribution in [3.8, 4) is 5.75 Å². The summed E-state index contributed by atoms with van der Waals surface area (Å²) in [5.74, 6) is 0.451. The highest BCUT2D eigenvalue weighted by Gasteiger charge is 2.14. The molecular formula is C13H18ClNO3. The average molecular weight is 272 g/mol. The normalized spacial score (nSPS) is 11.9. The Morgan fingerprint density at radius 2 is 2.11 bits per heavy atom. The van der Waals surface area contributed by atoms with Gasteiger partial charge in [0.2, 0.25) is 0 Å². The number of benzene rings is 1. The molecule has 0 bridgehead atoms. The monoisotopic (exact) mass is 271 g/mol. The third kappa shape index (κ3) is 5.89. The molecule has 5 heteroatoms. The van der Waals surface area contributed by atoms with Crippen molar-refractivity contribution in [1.82, 2.24) is 5.32 Å². The van der Waals surface area contributed by atoms with Crippen molar-refractivity contribution < 1.29 is 14.3 Å². The van der Waals surface area contributed by atoms with Crippen LogP contribution >= 0.6 is 11.6 Å². The third-order valence-electron chi connectivity index (χ3n) is 2.29. The highest BCUT2D eigenvalue weighted by Crippen LogP contribution is 2.08. The number of nitrogens with one attached hydrogen (secondary N) is 1. The first-order chi connectivity index (χ1) is 8.74. The number of carbonyl (C=O) groups is 1. The molecule has 0 aliphatic carbocycles. The van der Waals surface area contributed by atoms with Gasteiger partial charge in [-0.15, -0.1) is 11.6 Å². The zero-order chi connectivity index (χ0) is 13.2. The third-order valence-corrected chi connectivity index (χ3v) is 2.62. The van der Waals surface area contributed by atoms with Crippen molar-refractivity contribution in [3.63, 3.8) is 0 Å². The Balaban J connectivity index is 2.01. The van der Waals surface area contributed by atoms with Crippen LogP contribution in [0.3, 0.4) is 0 Å². The molecule has 0 aromatic heterocycles. The zero-order valence-electron chi connectivity index (χ0n) is 10.4. The maximum atomic E-state index is 11.0. The molecule has 0 heterocycles. The number of methoxy groups -OCH3 is 1. The molecule has 0 aliphatic heterocycles. The number of hydrogen-bond acceptors (Lipinski definition) is 4. The fraction of sp³-hybridized carbons (Fsp3) is 0.462. The molecule has 1 atom stereocenters. The van der Waals surface area contributed by atoms with Gasteiger partial charge in [0, 0.05) is 6.54 Å². The van der Waals surface area contributed by atoms with Crippen molar-refractivity contribution in [2.75, 3.05) is 26.8 Å². The van der Waals surface area contributed by atoms with Crippen LogP contribution in [0.4, 0.5) is 0 Å². The summed E-state index contributed by atoms with van der Waals surface area (Å²) in [5, 5.41) is 2.44. The molecule has 0 aliphatic rings. The van der Waals surface area contributed by atoms with Gasteiger partial charge in [-0.3, -0.25) is 4.79 Å². The first-order valence-electron chi connectivity index (χ1n) is 5.84.